The summed E-state index contributed by atoms with van der Waals surface area (Å²) in [6, 6.07) is 3.94. The molecule has 0 radical (unpaired) electrons. The molecule has 3 aromatic rings. The summed E-state index contributed by atoms with van der Waals surface area (Å²) in [5.41, 5.74) is 2.00. The predicted octanol–water partition coefficient (Wildman–Crippen LogP) is 2.69. The third-order valence-electron chi connectivity index (χ3n) is 3.93. The number of nitrogens with zero attached hydrogens (tertiary/aromatic N) is 4. The Morgan fingerprint density at radius 3 is 3.05 bits per heavy atom. The minimum atomic E-state index is 0.669. The third-order valence-corrected chi connectivity index (χ3v) is 4.81. The summed E-state index contributed by atoms with van der Waals surface area (Å²) in [6.07, 6.45) is 7.69. The van der Waals surface area contributed by atoms with Gasteiger partial charge in [0.15, 0.2) is 0 Å². The van der Waals surface area contributed by atoms with E-state index in [4.69, 9.17) is 4.74 Å². The number of nitrogens with one attached hydrogen (secondary N) is 1. The molecule has 1 aliphatic heterocycles. The van der Waals surface area contributed by atoms with Crippen molar-refractivity contribution >= 4 is 21.4 Å². The van der Waals surface area contributed by atoms with Gasteiger partial charge in [0, 0.05) is 37.7 Å². The van der Waals surface area contributed by atoms with E-state index in [0.717, 1.165) is 53.9 Å². The SMILES string of the molecule is c1cncc(-c2cnc3sc(NCC4CCOCC4)nn23)c1. The van der Waals surface area contributed by atoms with Crippen LogP contribution < -0.4 is 5.32 Å². The molecule has 114 valence electrons. The molecule has 4 rings (SSSR count). The van der Waals surface area contributed by atoms with Crippen LogP contribution in [0.4, 0.5) is 5.13 Å². The fourth-order valence-electron chi connectivity index (χ4n) is 2.66. The smallest absolute Gasteiger partial charge is 0.214 e. The fourth-order valence-corrected chi connectivity index (χ4v) is 3.44. The molecule has 1 N–H and O–H groups in total. The highest BCUT2D eigenvalue weighted by Crippen LogP contribution is 2.26. The van der Waals surface area contributed by atoms with Gasteiger partial charge in [-0.1, -0.05) is 11.3 Å². The highest BCUT2D eigenvalue weighted by Gasteiger charge is 2.15. The van der Waals surface area contributed by atoms with E-state index < -0.39 is 0 Å². The van der Waals surface area contributed by atoms with Crippen LogP contribution in [0.2, 0.25) is 0 Å². The molecule has 4 heterocycles. The van der Waals surface area contributed by atoms with Gasteiger partial charge in [0.1, 0.15) is 0 Å². The van der Waals surface area contributed by atoms with Crippen LogP contribution in [-0.4, -0.2) is 39.3 Å². The Kier molecular flexibility index (Phi) is 3.74. The highest BCUT2D eigenvalue weighted by atomic mass is 32.1. The second-order valence-corrected chi connectivity index (χ2v) is 6.38. The normalized spacial score (nSPS) is 16.2. The zero-order chi connectivity index (χ0) is 14.8. The van der Waals surface area contributed by atoms with Gasteiger partial charge >= 0.3 is 0 Å². The molecule has 0 spiro atoms. The standard InChI is InChI=1S/C15H17N5OS/c1-2-12(9-16-5-1)13-10-18-15-20(13)19-14(22-15)17-8-11-3-6-21-7-4-11/h1-2,5,9-11H,3-4,6-8H2,(H,17,19). The Balaban J connectivity index is 1.52. The Hall–Kier alpha value is -1.99. The molecule has 1 fully saturated rings. The van der Waals surface area contributed by atoms with E-state index in [1.54, 1.807) is 17.5 Å². The number of aromatic nitrogens is 4. The van der Waals surface area contributed by atoms with Crippen molar-refractivity contribution in [2.24, 2.45) is 5.92 Å². The molecule has 0 aliphatic carbocycles. The molecule has 0 amide bonds. The monoisotopic (exact) mass is 315 g/mol. The number of hydrogen-bond acceptors (Lipinski definition) is 6. The first kappa shape index (κ1) is 13.7. The van der Waals surface area contributed by atoms with Crippen molar-refractivity contribution in [3.63, 3.8) is 0 Å². The van der Waals surface area contributed by atoms with Gasteiger partial charge in [0.05, 0.1) is 11.9 Å². The molecule has 3 aromatic heterocycles. The summed E-state index contributed by atoms with van der Waals surface area (Å²) in [7, 11) is 0. The van der Waals surface area contributed by atoms with Crippen molar-refractivity contribution < 1.29 is 4.74 Å². The summed E-state index contributed by atoms with van der Waals surface area (Å²) in [4.78, 5) is 9.50. The quantitative estimate of drug-likeness (QED) is 0.802. The summed E-state index contributed by atoms with van der Waals surface area (Å²) in [5.74, 6) is 0.669. The molecule has 7 heteroatoms. The number of fused-ring (bicyclic) bond motifs is 1. The van der Waals surface area contributed by atoms with E-state index in [1.807, 2.05) is 29.0 Å². The maximum Gasteiger partial charge on any atom is 0.214 e. The minimum absolute atomic E-state index is 0.669. The van der Waals surface area contributed by atoms with E-state index in [1.165, 1.54) is 0 Å². The lowest BCUT2D eigenvalue weighted by atomic mass is 10.0. The molecule has 0 atom stereocenters. The average Bonchev–Trinajstić information content (AvgIpc) is 3.15. The largest absolute Gasteiger partial charge is 0.381 e. The third kappa shape index (κ3) is 2.69. The molecule has 22 heavy (non-hydrogen) atoms. The first-order valence-electron chi connectivity index (χ1n) is 7.47. The van der Waals surface area contributed by atoms with Gasteiger partial charge < -0.3 is 10.1 Å². The summed E-state index contributed by atoms with van der Waals surface area (Å²) < 4.78 is 7.27. The second kappa shape index (κ2) is 6.02. The lowest BCUT2D eigenvalue weighted by Gasteiger charge is -2.21. The van der Waals surface area contributed by atoms with Crippen LogP contribution in [0, 0.1) is 5.92 Å². The molecule has 1 saturated heterocycles. The Bertz CT molecular complexity index is 748. The summed E-state index contributed by atoms with van der Waals surface area (Å²) >= 11 is 1.58. The van der Waals surface area contributed by atoms with E-state index in [0.29, 0.717) is 5.92 Å². The lowest BCUT2D eigenvalue weighted by molar-refractivity contribution is 0.0699. The van der Waals surface area contributed by atoms with Crippen molar-refractivity contribution in [3.05, 3.63) is 30.7 Å². The van der Waals surface area contributed by atoms with Gasteiger partial charge in [-0.05, 0) is 30.9 Å². The number of rotatable bonds is 4. The molecule has 6 nitrogen and oxygen atoms in total. The number of ether oxygens (including phenoxy) is 1. The maximum absolute atomic E-state index is 5.39. The first-order chi connectivity index (χ1) is 10.9. The topological polar surface area (TPSA) is 64.3 Å². The molecular formula is C15H17N5OS. The van der Waals surface area contributed by atoms with Gasteiger partial charge in [0.25, 0.3) is 0 Å². The van der Waals surface area contributed by atoms with Gasteiger partial charge in [-0.3, -0.25) is 4.98 Å². The molecule has 0 saturated carbocycles. The fraction of sp³-hybridized carbons (Fsp3) is 0.400. The zero-order valence-corrected chi connectivity index (χ0v) is 12.9. The van der Waals surface area contributed by atoms with E-state index >= 15 is 0 Å². The van der Waals surface area contributed by atoms with Crippen LogP contribution >= 0.6 is 11.3 Å². The van der Waals surface area contributed by atoms with Gasteiger partial charge in [-0.2, -0.15) is 0 Å². The number of pyridine rings is 1. The van der Waals surface area contributed by atoms with Crippen molar-refractivity contribution in [2.45, 2.75) is 12.8 Å². The lowest BCUT2D eigenvalue weighted by Crippen LogP contribution is -2.22. The van der Waals surface area contributed by atoms with Crippen LogP contribution in [0.1, 0.15) is 12.8 Å². The minimum Gasteiger partial charge on any atom is -0.381 e. The Morgan fingerprint density at radius 1 is 1.32 bits per heavy atom. The molecule has 1 aliphatic rings. The number of anilines is 1. The van der Waals surface area contributed by atoms with Crippen LogP contribution in [-0.2, 0) is 4.74 Å². The van der Waals surface area contributed by atoms with Gasteiger partial charge in [-0.25, -0.2) is 9.50 Å². The highest BCUT2D eigenvalue weighted by molar-refractivity contribution is 7.20. The summed E-state index contributed by atoms with van der Waals surface area (Å²) in [5, 5.41) is 9.00. The van der Waals surface area contributed by atoms with Crippen LogP contribution in [0.25, 0.3) is 16.2 Å². The van der Waals surface area contributed by atoms with Crippen LogP contribution in [0.5, 0.6) is 0 Å². The van der Waals surface area contributed by atoms with Gasteiger partial charge in [0.2, 0.25) is 10.1 Å². The average molecular weight is 315 g/mol. The second-order valence-electron chi connectivity index (χ2n) is 5.42. The zero-order valence-electron chi connectivity index (χ0n) is 12.1. The van der Waals surface area contributed by atoms with Crippen molar-refractivity contribution in [1.29, 1.82) is 0 Å². The maximum atomic E-state index is 5.39. The van der Waals surface area contributed by atoms with Crippen molar-refractivity contribution in [2.75, 3.05) is 25.1 Å². The first-order valence-corrected chi connectivity index (χ1v) is 8.28. The Labute approximate surface area is 132 Å². The molecular weight excluding hydrogens is 298 g/mol. The molecule has 0 bridgehead atoms. The Morgan fingerprint density at radius 2 is 2.23 bits per heavy atom. The van der Waals surface area contributed by atoms with E-state index in [-0.39, 0.29) is 0 Å². The van der Waals surface area contributed by atoms with E-state index in [9.17, 15) is 0 Å². The van der Waals surface area contributed by atoms with Gasteiger partial charge in [-0.15, -0.1) is 5.10 Å². The molecule has 0 aromatic carbocycles. The number of hydrogen-bond donors (Lipinski definition) is 1. The predicted molar refractivity (Wildman–Crippen MR) is 86.1 cm³/mol. The van der Waals surface area contributed by atoms with E-state index in [2.05, 4.69) is 20.4 Å². The van der Waals surface area contributed by atoms with Crippen molar-refractivity contribution in [3.8, 4) is 11.3 Å². The van der Waals surface area contributed by atoms with Crippen molar-refractivity contribution in [1.82, 2.24) is 19.6 Å². The van der Waals surface area contributed by atoms with Crippen LogP contribution in [0.15, 0.2) is 30.7 Å². The number of imidazole rings is 1. The van der Waals surface area contributed by atoms with Crippen LogP contribution in [0.3, 0.4) is 0 Å². The molecule has 0 unspecified atom stereocenters. The summed E-state index contributed by atoms with van der Waals surface area (Å²) in [6.45, 7) is 2.69.